The van der Waals surface area contributed by atoms with Crippen LogP contribution in [0.5, 0.6) is 0 Å². The van der Waals surface area contributed by atoms with E-state index in [0.717, 1.165) is 45.3 Å². The van der Waals surface area contributed by atoms with Crippen molar-refractivity contribution < 1.29 is 14.9 Å². The van der Waals surface area contributed by atoms with Crippen molar-refractivity contribution in [3.05, 3.63) is 23.8 Å². The summed E-state index contributed by atoms with van der Waals surface area (Å²) in [6.07, 6.45) is 13.7. The van der Waals surface area contributed by atoms with E-state index in [4.69, 9.17) is 4.74 Å². The first-order chi connectivity index (χ1) is 14.4. The van der Waals surface area contributed by atoms with Crippen LogP contribution in [0.25, 0.3) is 0 Å². The number of nitrogens with zero attached hydrogens (tertiary/aromatic N) is 1. The second-order valence-electron chi connectivity index (χ2n) is 10.5. The Balaban J connectivity index is 1.44. The number of aliphatic hydroxyl groups excluding tert-OH is 2. The summed E-state index contributed by atoms with van der Waals surface area (Å²) in [6.45, 7) is 11.4. The molecule has 0 heterocycles. The molecule has 0 saturated heterocycles. The average Bonchev–Trinajstić information content (AvgIpc) is 3.39. The third-order valence-electron chi connectivity index (χ3n) is 7.83. The Bertz CT molecular complexity index is 571. The molecule has 2 N–H and O–H groups in total. The molecule has 0 bridgehead atoms. The molecule has 0 aromatic rings. The lowest BCUT2D eigenvalue weighted by Crippen LogP contribution is -2.39. The lowest BCUT2D eigenvalue weighted by atomic mass is 9.89. The van der Waals surface area contributed by atoms with Gasteiger partial charge in [-0.25, -0.2) is 0 Å². The zero-order chi connectivity index (χ0) is 21.7. The zero-order valence-corrected chi connectivity index (χ0v) is 19.7. The molecule has 3 rings (SSSR count). The molecule has 30 heavy (non-hydrogen) atoms. The van der Waals surface area contributed by atoms with E-state index in [2.05, 4.69) is 44.7 Å². The van der Waals surface area contributed by atoms with Gasteiger partial charge in [0.25, 0.3) is 0 Å². The van der Waals surface area contributed by atoms with Gasteiger partial charge < -0.3 is 14.9 Å². The molecule has 1 unspecified atom stereocenters. The Labute approximate surface area is 184 Å². The van der Waals surface area contributed by atoms with Crippen molar-refractivity contribution >= 4 is 0 Å². The molecule has 3 aliphatic carbocycles. The van der Waals surface area contributed by atoms with Crippen molar-refractivity contribution in [2.75, 3.05) is 19.8 Å². The number of aliphatic hydroxyl groups is 2. The minimum atomic E-state index is -0.334. The second-order valence-corrected chi connectivity index (χ2v) is 10.5. The fraction of sp³-hybridized carbons (Fsp3) is 0.846. The molecule has 0 aromatic heterocycles. The van der Waals surface area contributed by atoms with Crippen molar-refractivity contribution in [1.29, 1.82) is 0 Å². The van der Waals surface area contributed by atoms with E-state index < -0.39 is 0 Å². The largest absolute Gasteiger partial charge is 0.392 e. The monoisotopic (exact) mass is 419 g/mol. The number of hydrogen-bond donors (Lipinski definition) is 2. The van der Waals surface area contributed by atoms with E-state index in [-0.39, 0.29) is 18.1 Å². The second kappa shape index (κ2) is 11.3. The summed E-state index contributed by atoms with van der Waals surface area (Å²) in [4.78, 5) is 2.46. The minimum absolute atomic E-state index is 0.198. The molecule has 172 valence electrons. The number of hydrogen-bond acceptors (Lipinski definition) is 4. The van der Waals surface area contributed by atoms with Gasteiger partial charge in [0, 0.05) is 24.5 Å². The number of ether oxygens (including phenoxy) is 1. The van der Waals surface area contributed by atoms with Crippen LogP contribution in [-0.2, 0) is 4.74 Å². The van der Waals surface area contributed by atoms with Gasteiger partial charge in [-0.15, -0.1) is 0 Å². The molecule has 5 atom stereocenters. The predicted octanol–water partition coefficient (Wildman–Crippen LogP) is 4.56. The normalized spacial score (nSPS) is 32.5. The van der Waals surface area contributed by atoms with Crippen LogP contribution in [0.4, 0.5) is 0 Å². The first-order valence-corrected chi connectivity index (χ1v) is 12.4. The van der Waals surface area contributed by atoms with Crippen molar-refractivity contribution in [2.24, 2.45) is 23.7 Å². The quantitative estimate of drug-likeness (QED) is 0.402. The van der Waals surface area contributed by atoms with E-state index in [1.54, 1.807) is 0 Å². The standard InChI is InChI=1S/C26H45NO3/c1-18(2)27(19(3)4)12-14-30-13-11-20-15-22-17-26(29)23(24(22)16-20)9-10-25(28)21-7-5-6-8-21/h9-11,18-19,21-26,28-29H,5-8,12-17H2,1-4H3/t22-,23?,24+,25+,26+/m0/s1. The van der Waals surface area contributed by atoms with Crippen LogP contribution in [0.15, 0.2) is 23.8 Å². The van der Waals surface area contributed by atoms with Crippen LogP contribution in [0.3, 0.4) is 0 Å². The highest BCUT2D eigenvalue weighted by Gasteiger charge is 2.45. The van der Waals surface area contributed by atoms with Crippen molar-refractivity contribution in [1.82, 2.24) is 4.90 Å². The van der Waals surface area contributed by atoms with E-state index in [1.807, 2.05) is 6.08 Å². The predicted molar refractivity (Wildman–Crippen MR) is 123 cm³/mol. The van der Waals surface area contributed by atoms with Gasteiger partial charge in [0.2, 0.25) is 0 Å². The topological polar surface area (TPSA) is 52.9 Å². The third-order valence-corrected chi connectivity index (χ3v) is 7.83. The van der Waals surface area contributed by atoms with E-state index >= 15 is 0 Å². The smallest absolute Gasteiger partial charge is 0.0749 e. The Morgan fingerprint density at radius 2 is 1.80 bits per heavy atom. The molecular weight excluding hydrogens is 374 g/mol. The Hall–Kier alpha value is -0.680. The fourth-order valence-electron chi connectivity index (χ4n) is 6.18. The summed E-state index contributed by atoms with van der Waals surface area (Å²) in [7, 11) is 0. The maximum atomic E-state index is 10.6. The van der Waals surface area contributed by atoms with Gasteiger partial charge in [0.1, 0.15) is 0 Å². The molecular formula is C26H45NO3. The van der Waals surface area contributed by atoms with Gasteiger partial charge in [-0.1, -0.05) is 36.6 Å². The SMILES string of the molecule is CC(C)N(CCOCC=C1C[C@H]2C[C@@H](O)C(C=C[C@@H](O)C3CCCC3)[C@@H]2C1)C(C)C. The maximum absolute atomic E-state index is 10.6. The summed E-state index contributed by atoms with van der Waals surface area (Å²) in [6, 6.07) is 1.09. The third kappa shape index (κ3) is 6.18. The van der Waals surface area contributed by atoms with Crippen LogP contribution < -0.4 is 0 Å². The van der Waals surface area contributed by atoms with Gasteiger partial charge in [-0.2, -0.15) is 0 Å². The van der Waals surface area contributed by atoms with Gasteiger partial charge in [0.05, 0.1) is 25.4 Å². The molecule has 4 heteroatoms. The van der Waals surface area contributed by atoms with E-state index in [9.17, 15) is 10.2 Å². The highest BCUT2D eigenvalue weighted by Crippen LogP contribution is 2.50. The minimum Gasteiger partial charge on any atom is -0.392 e. The van der Waals surface area contributed by atoms with Crippen LogP contribution in [0, 0.1) is 23.7 Å². The molecule has 0 amide bonds. The summed E-state index contributed by atoms with van der Waals surface area (Å²) in [5.74, 6) is 1.73. The van der Waals surface area contributed by atoms with Gasteiger partial charge in [-0.3, -0.25) is 4.90 Å². The molecule has 0 aromatic carbocycles. The summed E-state index contributed by atoms with van der Waals surface area (Å²) in [5, 5.41) is 21.0. The van der Waals surface area contributed by atoms with Crippen LogP contribution >= 0.6 is 0 Å². The molecule has 0 aliphatic heterocycles. The molecule has 3 saturated carbocycles. The van der Waals surface area contributed by atoms with Crippen LogP contribution in [0.2, 0.25) is 0 Å². The number of rotatable bonds is 10. The lowest BCUT2D eigenvalue weighted by Gasteiger charge is -2.30. The Kier molecular flexibility index (Phi) is 9.00. The molecule has 3 fully saturated rings. The van der Waals surface area contributed by atoms with E-state index in [0.29, 0.717) is 36.4 Å². The van der Waals surface area contributed by atoms with Crippen LogP contribution in [-0.4, -0.2) is 59.2 Å². The van der Waals surface area contributed by atoms with Crippen molar-refractivity contribution in [3.8, 4) is 0 Å². The van der Waals surface area contributed by atoms with Crippen molar-refractivity contribution in [2.45, 2.75) is 96.9 Å². The highest BCUT2D eigenvalue weighted by molar-refractivity contribution is 5.18. The summed E-state index contributed by atoms with van der Waals surface area (Å²) < 4.78 is 5.92. The molecule has 0 radical (unpaired) electrons. The van der Waals surface area contributed by atoms with Gasteiger partial charge in [0.15, 0.2) is 0 Å². The molecule has 0 spiro atoms. The molecule has 3 aliphatic rings. The Morgan fingerprint density at radius 3 is 2.47 bits per heavy atom. The fourth-order valence-corrected chi connectivity index (χ4v) is 6.18. The zero-order valence-electron chi connectivity index (χ0n) is 19.7. The van der Waals surface area contributed by atoms with Crippen LogP contribution in [0.1, 0.15) is 72.6 Å². The molecule has 4 nitrogen and oxygen atoms in total. The summed E-state index contributed by atoms with van der Waals surface area (Å²) in [5.41, 5.74) is 1.50. The number of fused-ring (bicyclic) bond motifs is 1. The van der Waals surface area contributed by atoms with Crippen molar-refractivity contribution in [3.63, 3.8) is 0 Å². The van der Waals surface area contributed by atoms with E-state index in [1.165, 1.54) is 18.4 Å². The maximum Gasteiger partial charge on any atom is 0.0749 e. The first-order valence-electron chi connectivity index (χ1n) is 12.4. The number of allylic oxidation sites excluding steroid dienone is 1. The average molecular weight is 420 g/mol. The summed E-state index contributed by atoms with van der Waals surface area (Å²) >= 11 is 0. The van der Waals surface area contributed by atoms with Gasteiger partial charge >= 0.3 is 0 Å². The highest BCUT2D eigenvalue weighted by atomic mass is 16.5. The Morgan fingerprint density at radius 1 is 1.10 bits per heavy atom. The lowest BCUT2D eigenvalue weighted by molar-refractivity contribution is 0.0919. The first kappa shape index (κ1) is 24.0. The van der Waals surface area contributed by atoms with Gasteiger partial charge in [-0.05, 0) is 77.6 Å².